The molecule has 0 radical (unpaired) electrons. The number of nitrogens with zero attached hydrogens (tertiary/aromatic N) is 2. The third-order valence-corrected chi connectivity index (χ3v) is 6.14. The van der Waals surface area contributed by atoms with Crippen molar-refractivity contribution in [2.45, 2.75) is 31.5 Å². The Morgan fingerprint density at radius 2 is 2.00 bits per heavy atom. The standard InChI is InChI=1S/C20H23N3O2S2/c1-13(2)11-16(14-7-5-4-6-8-14)21-17(24)12-27-20-22-15-9-10-26-18(15)19(25)23(20)3/h4-10,13,16H,11-12H2,1-3H3,(H,21,24). The Kier molecular flexibility index (Phi) is 6.34. The fraction of sp³-hybridized carbons (Fsp3) is 0.350. The first-order chi connectivity index (χ1) is 13.0. The number of carbonyl (C=O) groups excluding carboxylic acids is 1. The van der Waals surface area contributed by atoms with E-state index in [1.165, 1.54) is 27.7 Å². The Bertz CT molecular complexity index is 980. The van der Waals surface area contributed by atoms with Gasteiger partial charge in [0, 0.05) is 7.05 Å². The van der Waals surface area contributed by atoms with Crippen molar-refractivity contribution in [3.63, 3.8) is 0 Å². The van der Waals surface area contributed by atoms with E-state index < -0.39 is 0 Å². The second kappa shape index (κ2) is 8.71. The molecule has 0 saturated heterocycles. The number of fused-ring (bicyclic) bond motifs is 1. The van der Waals surface area contributed by atoms with Gasteiger partial charge in [-0.1, -0.05) is 55.9 Å². The molecule has 0 fully saturated rings. The number of aromatic nitrogens is 2. The number of hydrogen-bond donors (Lipinski definition) is 1. The maximum Gasteiger partial charge on any atom is 0.271 e. The molecule has 2 aromatic heterocycles. The van der Waals surface area contributed by atoms with Gasteiger partial charge < -0.3 is 5.32 Å². The van der Waals surface area contributed by atoms with Gasteiger partial charge in [0.1, 0.15) is 4.70 Å². The average Bonchev–Trinajstić information content (AvgIpc) is 3.12. The molecule has 1 unspecified atom stereocenters. The number of carbonyl (C=O) groups is 1. The lowest BCUT2D eigenvalue weighted by molar-refractivity contribution is -0.119. The first kappa shape index (κ1) is 19.6. The van der Waals surface area contributed by atoms with Gasteiger partial charge in [0.15, 0.2) is 5.16 Å². The number of thiophene rings is 1. The van der Waals surface area contributed by atoms with Gasteiger partial charge in [0.05, 0.1) is 17.3 Å². The maximum atomic E-state index is 12.5. The van der Waals surface area contributed by atoms with Crippen molar-refractivity contribution >= 4 is 39.2 Å². The van der Waals surface area contributed by atoms with E-state index in [1.807, 2.05) is 41.8 Å². The number of nitrogens with one attached hydrogen (secondary N) is 1. The zero-order chi connectivity index (χ0) is 19.4. The van der Waals surface area contributed by atoms with Crippen LogP contribution >= 0.6 is 23.1 Å². The normalized spacial score (nSPS) is 12.4. The van der Waals surface area contributed by atoms with Crippen molar-refractivity contribution in [3.05, 3.63) is 57.7 Å². The van der Waals surface area contributed by atoms with Crippen molar-refractivity contribution < 1.29 is 4.79 Å². The Balaban J connectivity index is 1.69. The van der Waals surface area contributed by atoms with Gasteiger partial charge in [-0.3, -0.25) is 14.2 Å². The molecule has 142 valence electrons. The Hall–Kier alpha value is -2.12. The molecule has 2 heterocycles. The minimum atomic E-state index is -0.0696. The van der Waals surface area contributed by atoms with Gasteiger partial charge in [-0.25, -0.2) is 4.98 Å². The van der Waals surface area contributed by atoms with E-state index in [2.05, 4.69) is 24.1 Å². The first-order valence-corrected chi connectivity index (χ1v) is 10.7. The van der Waals surface area contributed by atoms with Gasteiger partial charge in [0.25, 0.3) is 5.56 Å². The summed E-state index contributed by atoms with van der Waals surface area (Å²) < 4.78 is 2.16. The number of amides is 1. The lowest BCUT2D eigenvalue weighted by atomic mass is 9.97. The summed E-state index contributed by atoms with van der Waals surface area (Å²) in [6.45, 7) is 4.29. The Morgan fingerprint density at radius 3 is 2.70 bits per heavy atom. The Labute approximate surface area is 166 Å². The molecule has 0 bridgehead atoms. The molecular weight excluding hydrogens is 378 g/mol. The third-order valence-electron chi connectivity index (χ3n) is 4.22. The van der Waals surface area contributed by atoms with E-state index in [4.69, 9.17) is 0 Å². The fourth-order valence-electron chi connectivity index (χ4n) is 2.90. The van der Waals surface area contributed by atoms with Crippen molar-refractivity contribution in [2.75, 3.05) is 5.75 Å². The molecule has 0 aliphatic rings. The highest BCUT2D eigenvalue weighted by molar-refractivity contribution is 7.99. The first-order valence-electron chi connectivity index (χ1n) is 8.87. The monoisotopic (exact) mass is 401 g/mol. The van der Waals surface area contributed by atoms with Crippen LogP contribution in [-0.4, -0.2) is 21.2 Å². The van der Waals surface area contributed by atoms with E-state index in [1.54, 1.807) is 7.05 Å². The molecular formula is C20H23N3O2S2. The number of thioether (sulfide) groups is 1. The van der Waals surface area contributed by atoms with E-state index in [0.29, 0.717) is 21.3 Å². The molecule has 3 aromatic rings. The van der Waals surface area contributed by atoms with Crippen LogP contribution in [0.15, 0.2) is 51.7 Å². The van der Waals surface area contributed by atoms with Gasteiger partial charge in [-0.05, 0) is 29.3 Å². The predicted octanol–water partition coefficient (Wildman–Crippen LogP) is 3.99. The van der Waals surface area contributed by atoms with Gasteiger partial charge in [0.2, 0.25) is 5.91 Å². The van der Waals surface area contributed by atoms with Crippen LogP contribution < -0.4 is 10.9 Å². The zero-order valence-corrected chi connectivity index (χ0v) is 17.3. The Morgan fingerprint density at radius 1 is 1.26 bits per heavy atom. The fourth-order valence-corrected chi connectivity index (χ4v) is 4.49. The summed E-state index contributed by atoms with van der Waals surface area (Å²) in [6, 6.07) is 11.8. The van der Waals surface area contributed by atoms with Crippen LogP contribution in [-0.2, 0) is 11.8 Å². The predicted molar refractivity (Wildman–Crippen MR) is 112 cm³/mol. The van der Waals surface area contributed by atoms with Crippen LogP contribution in [0.25, 0.3) is 10.2 Å². The molecule has 0 spiro atoms. The maximum absolute atomic E-state index is 12.5. The second-order valence-corrected chi connectivity index (χ2v) is 8.70. The summed E-state index contributed by atoms with van der Waals surface area (Å²) in [7, 11) is 1.69. The van der Waals surface area contributed by atoms with Crippen LogP contribution in [0.2, 0.25) is 0 Å². The highest BCUT2D eigenvalue weighted by atomic mass is 32.2. The van der Waals surface area contributed by atoms with Crippen molar-refractivity contribution in [1.29, 1.82) is 0 Å². The SMILES string of the molecule is CC(C)CC(NC(=O)CSc1nc2ccsc2c(=O)n1C)c1ccccc1. The van der Waals surface area contributed by atoms with Crippen molar-refractivity contribution in [1.82, 2.24) is 14.9 Å². The van der Waals surface area contributed by atoms with E-state index in [0.717, 1.165) is 12.0 Å². The molecule has 1 N–H and O–H groups in total. The molecule has 0 aliphatic heterocycles. The lowest BCUT2D eigenvalue weighted by Crippen LogP contribution is -2.31. The lowest BCUT2D eigenvalue weighted by Gasteiger charge is -2.21. The summed E-state index contributed by atoms with van der Waals surface area (Å²) >= 11 is 2.68. The van der Waals surface area contributed by atoms with Crippen molar-refractivity contribution in [3.8, 4) is 0 Å². The summed E-state index contributed by atoms with van der Waals surface area (Å²) in [5.41, 5.74) is 1.72. The molecule has 7 heteroatoms. The van der Waals surface area contributed by atoms with Crippen LogP contribution in [0.4, 0.5) is 0 Å². The van der Waals surface area contributed by atoms with Crippen LogP contribution in [0.3, 0.4) is 0 Å². The molecule has 0 aliphatic carbocycles. The smallest absolute Gasteiger partial charge is 0.271 e. The van der Waals surface area contributed by atoms with Crippen LogP contribution in [0, 0.1) is 5.92 Å². The molecule has 1 aromatic carbocycles. The minimum absolute atomic E-state index is 0.0181. The summed E-state index contributed by atoms with van der Waals surface area (Å²) in [5.74, 6) is 0.623. The molecule has 5 nitrogen and oxygen atoms in total. The summed E-state index contributed by atoms with van der Waals surface area (Å²) in [5, 5.41) is 5.54. The highest BCUT2D eigenvalue weighted by Gasteiger charge is 2.17. The van der Waals surface area contributed by atoms with Crippen LogP contribution in [0.1, 0.15) is 31.9 Å². The van der Waals surface area contributed by atoms with Gasteiger partial charge >= 0.3 is 0 Å². The molecule has 3 rings (SSSR count). The molecule has 0 saturated carbocycles. The van der Waals surface area contributed by atoms with Crippen LogP contribution in [0.5, 0.6) is 0 Å². The minimum Gasteiger partial charge on any atom is -0.349 e. The quantitative estimate of drug-likeness (QED) is 0.480. The average molecular weight is 402 g/mol. The van der Waals surface area contributed by atoms with Gasteiger partial charge in [-0.15, -0.1) is 11.3 Å². The number of benzene rings is 1. The van der Waals surface area contributed by atoms with E-state index in [-0.39, 0.29) is 23.3 Å². The topological polar surface area (TPSA) is 64.0 Å². The van der Waals surface area contributed by atoms with Gasteiger partial charge in [-0.2, -0.15) is 0 Å². The molecule has 1 atom stereocenters. The third kappa shape index (κ3) is 4.78. The summed E-state index contributed by atoms with van der Waals surface area (Å²) in [4.78, 5) is 29.4. The number of rotatable bonds is 7. The summed E-state index contributed by atoms with van der Waals surface area (Å²) in [6.07, 6.45) is 0.873. The molecule has 27 heavy (non-hydrogen) atoms. The largest absolute Gasteiger partial charge is 0.349 e. The van der Waals surface area contributed by atoms with E-state index >= 15 is 0 Å². The second-order valence-electron chi connectivity index (χ2n) is 6.84. The van der Waals surface area contributed by atoms with E-state index in [9.17, 15) is 9.59 Å². The highest BCUT2D eigenvalue weighted by Crippen LogP contribution is 2.23. The van der Waals surface area contributed by atoms with Crippen molar-refractivity contribution in [2.24, 2.45) is 13.0 Å². The molecule has 1 amide bonds. The number of hydrogen-bond acceptors (Lipinski definition) is 5. The zero-order valence-electron chi connectivity index (χ0n) is 15.6.